The first-order chi connectivity index (χ1) is 9.81. The average Bonchev–Trinajstić information content (AvgIpc) is 2.58. The van der Waals surface area contributed by atoms with Gasteiger partial charge in [-0.05, 0) is 43.6 Å². The minimum Gasteiger partial charge on any atom is -0.299 e. The van der Waals surface area contributed by atoms with Gasteiger partial charge in [-0.15, -0.1) is 10.3 Å². The molecule has 0 radical (unpaired) electrons. The zero-order valence-corrected chi connectivity index (χ0v) is 15.6. The Labute approximate surface area is 134 Å². The number of carbonyl (C=O) groups is 2. The van der Waals surface area contributed by atoms with Crippen molar-refractivity contribution in [2.45, 2.75) is 40.0 Å². The highest BCUT2D eigenvalue weighted by Gasteiger charge is 2.65. The number of hydrogen-bond donors (Lipinski definition) is 0. The topological polar surface area (TPSA) is 77.5 Å². The molecule has 0 saturated heterocycles. The number of hydrogen-bond acceptors (Lipinski definition) is 5. The fourth-order valence-electron chi connectivity index (χ4n) is 4.23. The first kappa shape index (κ1) is 17.9. The molecular formula is C15H26O5S2. The summed E-state index contributed by atoms with van der Waals surface area (Å²) in [5.41, 5.74) is -1.12. The Balaban J connectivity index is 2.22. The van der Waals surface area contributed by atoms with Gasteiger partial charge in [0.2, 0.25) is 0 Å². The molecule has 2 saturated carbocycles. The predicted octanol–water partition coefficient (Wildman–Crippen LogP) is 2.30. The lowest BCUT2D eigenvalue weighted by Crippen LogP contribution is -2.42. The Morgan fingerprint density at radius 2 is 1.91 bits per heavy atom. The third-order valence-corrected chi connectivity index (χ3v) is 9.65. The smallest absolute Gasteiger partial charge is 0.277 e. The van der Waals surface area contributed by atoms with Gasteiger partial charge in [-0.2, -0.15) is 8.42 Å². The van der Waals surface area contributed by atoms with Gasteiger partial charge in [0.25, 0.3) is 10.1 Å². The minimum atomic E-state index is -3.85. The van der Waals surface area contributed by atoms with E-state index in [2.05, 4.69) is 0 Å². The van der Waals surface area contributed by atoms with E-state index in [4.69, 9.17) is 3.63 Å². The second kappa shape index (κ2) is 5.31. The van der Waals surface area contributed by atoms with Crippen LogP contribution in [0.15, 0.2) is 0 Å². The van der Waals surface area contributed by atoms with Crippen LogP contribution in [-0.4, -0.2) is 44.0 Å². The third-order valence-electron chi connectivity index (χ3n) is 5.40. The molecular weight excluding hydrogens is 324 g/mol. The van der Waals surface area contributed by atoms with E-state index in [0.29, 0.717) is 12.8 Å². The number of fused-ring (bicyclic) bond motifs is 2. The maximum atomic E-state index is 12.5. The molecule has 2 atom stereocenters. The highest BCUT2D eigenvalue weighted by molar-refractivity contribution is 8.32. The van der Waals surface area contributed by atoms with E-state index in [-0.39, 0.29) is 34.4 Å². The Bertz CT molecular complexity index is 605. The van der Waals surface area contributed by atoms with Crippen molar-refractivity contribution in [1.82, 2.24) is 0 Å². The Kier molecular flexibility index (Phi) is 4.33. The molecule has 5 nitrogen and oxygen atoms in total. The average molecular weight is 351 g/mol. The molecule has 2 rings (SSSR count). The van der Waals surface area contributed by atoms with Gasteiger partial charge in [-0.25, -0.2) is 3.63 Å². The van der Waals surface area contributed by atoms with Crippen LogP contribution >= 0.6 is 10.3 Å². The van der Waals surface area contributed by atoms with Crippen LogP contribution in [0.1, 0.15) is 40.0 Å². The summed E-state index contributed by atoms with van der Waals surface area (Å²) in [6, 6.07) is 0. The van der Waals surface area contributed by atoms with Crippen LogP contribution in [0.4, 0.5) is 0 Å². The molecule has 2 unspecified atom stereocenters. The summed E-state index contributed by atoms with van der Waals surface area (Å²) in [6.07, 6.45) is 5.34. The molecule has 2 aliphatic rings. The number of carbonyl (C=O) groups excluding carboxylic acids is 2. The summed E-state index contributed by atoms with van der Waals surface area (Å²) in [5, 5.41) is 0. The van der Waals surface area contributed by atoms with Crippen molar-refractivity contribution >= 4 is 32.0 Å². The third kappa shape index (κ3) is 2.99. The van der Waals surface area contributed by atoms with Crippen LogP contribution < -0.4 is 0 Å². The van der Waals surface area contributed by atoms with Crippen LogP contribution in [0, 0.1) is 16.7 Å². The highest BCUT2D eigenvalue weighted by Crippen LogP contribution is 2.64. The fraction of sp³-hybridized carbons (Fsp3) is 0.867. The predicted molar refractivity (Wildman–Crippen MR) is 88.4 cm³/mol. The Morgan fingerprint density at radius 1 is 1.32 bits per heavy atom. The quantitative estimate of drug-likeness (QED) is 0.734. The van der Waals surface area contributed by atoms with E-state index in [9.17, 15) is 18.0 Å². The molecule has 0 spiro atoms. The van der Waals surface area contributed by atoms with Crippen molar-refractivity contribution in [3.8, 4) is 0 Å². The van der Waals surface area contributed by atoms with E-state index >= 15 is 0 Å². The zero-order valence-electron chi connectivity index (χ0n) is 14.0. The molecule has 2 fully saturated rings. The van der Waals surface area contributed by atoms with Gasteiger partial charge in [0, 0.05) is 6.42 Å². The van der Waals surface area contributed by atoms with Crippen LogP contribution in [0.5, 0.6) is 0 Å². The molecule has 2 bridgehead atoms. The highest BCUT2D eigenvalue weighted by atomic mass is 32.3. The molecule has 0 aromatic carbocycles. The van der Waals surface area contributed by atoms with Gasteiger partial charge >= 0.3 is 0 Å². The van der Waals surface area contributed by atoms with Gasteiger partial charge in [0.15, 0.2) is 0 Å². The standard InChI is InChI=1S/C15H26O5S2/c1-11(16)9-21(4,5)20-22(18,19)10-15-7-6-12(8-13(15)17)14(15,2)3/h12H,6-10H2,1-5H3. The zero-order chi connectivity index (χ0) is 17.0. The van der Waals surface area contributed by atoms with E-state index in [1.807, 2.05) is 13.8 Å². The summed E-state index contributed by atoms with van der Waals surface area (Å²) in [4.78, 5) is 23.7. The monoisotopic (exact) mass is 350 g/mol. The van der Waals surface area contributed by atoms with E-state index in [1.54, 1.807) is 12.5 Å². The minimum absolute atomic E-state index is 0.0558. The van der Waals surface area contributed by atoms with Gasteiger partial charge in [0.1, 0.15) is 11.6 Å². The molecule has 128 valence electrons. The summed E-state index contributed by atoms with van der Waals surface area (Å²) in [5.74, 6) is 0.0928. The molecule has 0 aromatic rings. The Morgan fingerprint density at radius 3 is 2.32 bits per heavy atom. The lowest BCUT2D eigenvalue weighted by atomic mass is 9.70. The van der Waals surface area contributed by atoms with Crippen molar-refractivity contribution in [2.24, 2.45) is 16.7 Å². The maximum absolute atomic E-state index is 12.5. The summed E-state index contributed by atoms with van der Waals surface area (Å²) >= 11 is 0. The van der Waals surface area contributed by atoms with Crippen LogP contribution in [0.2, 0.25) is 0 Å². The molecule has 2 aliphatic carbocycles. The van der Waals surface area contributed by atoms with Crippen molar-refractivity contribution < 1.29 is 21.6 Å². The van der Waals surface area contributed by atoms with Crippen molar-refractivity contribution in [3.05, 3.63) is 0 Å². The SMILES string of the molecule is CC(=O)CS(C)(C)OS(=O)(=O)CC12CCC(CC1=O)C2(C)C. The van der Waals surface area contributed by atoms with Gasteiger partial charge in [0.05, 0.1) is 16.9 Å². The maximum Gasteiger partial charge on any atom is 0.277 e. The van der Waals surface area contributed by atoms with Crippen LogP contribution in [0.25, 0.3) is 0 Å². The summed E-state index contributed by atoms with van der Waals surface area (Å²) in [7, 11) is -5.86. The van der Waals surface area contributed by atoms with Crippen LogP contribution in [-0.2, 0) is 23.3 Å². The molecule has 0 amide bonds. The number of Topliss-reactive ketones (excluding diaryl/α,β-unsaturated/α-hetero) is 2. The second-order valence-corrected chi connectivity index (χ2v) is 12.8. The largest absolute Gasteiger partial charge is 0.299 e. The fourth-order valence-corrected chi connectivity index (χ4v) is 9.12. The number of rotatable bonds is 6. The van der Waals surface area contributed by atoms with Crippen molar-refractivity contribution in [3.63, 3.8) is 0 Å². The molecule has 22 heavy (non-hydrogen) atoms. The first-order valence-corrected chi connectivity index (χ1v) is 11.6. The molecule has 0 aromatic heterocycles. The molecule has 0 aliphatic heterocycles. The first-order valence-electron chi connectivity index (χ1n) is 7.49. The van der Waals surface area contributed by atoms with Crippen LogP contribution in [0.3, 0.4) is 0 Å². The molecule has 0 heterocycles. The van der Waals surface area contributed by atoms with Crippen molar-refractivity contribution in [2.75, 3.05) is 24.0 Å². The number of ketones is 2. The van der Waals surface area contributed by atoms with E-state index in [1.165, 1.54) is 6.92 Å². The van der Waals surface area contributed by atoms with Gasteiger partial charge < -0.3 is 0 Å². The second-order valence-electron chi connectivity index (χ2n) is 7.72. The normalized spacial score (nSPS) is 31.5. The summed E-state index contributed by atoms with van der Waals surface area (Å²) in [6.45, 7) is 5.42. The lowest BCUT2D eigenvalue weighted by molar-refractivity contribution is -0.128. The van der Waals surface area contributed by atoms with E-state index < -0.39 is 25.8 Å². The van der Waals surface area contributed by atoms with Crippen molar-refractivity contribution in [1.29, 1.82) is 0 Å². The van der Waals surface area contributed by atoms with Gasteiger partial charge in [-0.3, -0.25) is 9.59 Å². The molecule has 0 N–H and O–H groups in total. The van der Waals surface area contributed by atoms with Gasteiger partial charge in [-0.1, -0.05) is 13.8 Å². The Hall–Kier alpha value is -0.400. The molecule has 7 heteroatoms. The summed E-state index contributed by atoms with van der Waals surface area (Å²) < 4.78 is 30.4. The lowest BCUT2D eigenvalue weighted by Gasteiger charge is -2.37. The van der Waals surface area contributed by atoms with E-state index in [0.717, 1.165) is 6.42 Å².